The predicted molar refractivity (Wildman–Crippen MR) is 177 cm³/mol. The van der Waals surface area contributed by atoms with Gasteiger partial charge in [-0.15, -0.1) is 0 Å². The van der Waals surface area contributed by atoms with E-state index in [4.69, 9.17) is 15.3 Å². The summed E-state index contributed by atoms with van der Waals surface area (Å²) in [5, 5.41) is 20.7. The summed E-state index contributed by atoms with van der Waals surface area (Å²) in [7, 11) is 1.43. The lowest BCUT2D eigenvalue weighted by molar-refractivity contribution is -0.150. The molecule has 1 aromatic carbocycles. The molecule has 13 nitrogen and oxygen atoms in total. The van der Waals surface area contributed by atoms with E-state index in [1.807, 2.05) is 19.9 Å². The molecule has 46 heavy (non-hydrogen) atoms. The molecular formula is C32H46FN7O6. The second-order valence-electron chi connectivity index (χ2n) is 11.3. The number of carbonyl (C=O) groups excluding carboxylic acids is 2. The van der Waals surface area contributed by atoms with Crippen molar-refractivity contribution in [3.8, 4) is 0 Å². The van der Waals surface area contributed by atoms with Gasteiger partial charge in [0.05, 0.1) is 18.3 Å². The summed E-state index contributed by atoms with van der Waals surface area (Å²) in [5.41, 5.74) is 2.62. The number of methoxy groups -OCH3 is 1. The fraction of sp³-hybridized carbons (Fsp3) is 0.438. The Kier molecular flexibility index (Phi) is 13.8. The van der Waals surface area contributed by atoms with Gasteiger partial charge in [-0.3, -0.25) is 10.6 Å². The molecule has 0 aliphatic carbocycles. The number of carbonyl (C=O) groups is 2. The molecule has 2 aromatic rings. The van der Waals surface area contributed by atoms with Gasteiger partial charge in [-0.05, 0) is 56.2 Å². The average molecular weight is 644 g/mol. The molecule has 252 valence electrons. The van der Waals surface area contributed by atoms with Gasteiger partial charge in [0.15, 0.2) is 6.29 Å². The van der Waals surface area contributed by atoms with Crippen LogP contribution in [0, 0.1) is 5.82 Å². The number of anilines is 2. The molecule has 2 atom stereocenters. The van der Waals surface area contributed by atoms with E-state index in [1.165, 1.54) is 18.2 Å². The third kappa shape index (κ3) is 9.33. The van der Waals surface area contributed by atoms with Crippen LogP contribution in [0.1, 0.15) is 69.1 Å². The largest absolute Gasteiger partial charge is 0.457 e. The molecular weight excluding hydrogens is 597 g/mol. The fourth-order valence-corrected chi connectivity index (χ4v) is 4.91. The number of hydrogen-bond donors (Lipinski definition) is 5. The zero-order valence-corrected chi connectivity index (χ0v) is 27.4. The van der Waals surface area contributed by atoms with Crippen molar-refractivity contribution in [2.75, 3.05) is 37.4 Å². The Bertz CT molecular complexity index is 1520. The first-order valence-corrected chi connectivity index (χ1v) is 14.7. The lowest BCUT2D eigenvalue weighted by atomic mass is 9.96. The van der Waals surface area contributed by atoms with Gasteiger partial charge in [0.1, 0.15) is 17.5 Å². The highest BCUT2D eigenvalue weighted by atomic mass is 19.1. The topological polar surface area (TPSA) is 187 Å². The molecule has 0 fully saturated rings. The first kappa shape index (κ1) is 37.8. The third-order valence-electron chi connectivity index (χ3n) is 6.79. The van der Waals surface area contributed by atoms with Crippen LogP contribution in [0.15, 0.2) is 45.8 Å². The normalized spacial score (nSPS) is 14.8. The zero-order chi connectivity index (χ0) is 34.8. The van der Waals surface area contributed by atoms with Crippen LogP contribution in [0.4, 0.5) is 15.8 Å². The average Bonchev–Trinajstić information content (AvgIpc) is 3.35. The summed E-state index contributed by atoms with van der Waals surface area (Å²) in [4.78, 5) is 36.7. The number of aliphatic hydroxyl groups excluding tert-OH is 1. The number of nitrogens with two attached hydrogens (primary N) is 2. The number of pyridine rings is 1. The van der Waals surface area contributed by atoms with E-state index in [0.717, 1.165) is 11.1 Å². The lowest BCUT2D eigenvalue weighted by Crippen LogP contribution is -2.38. The number of nitrogens with one attached hydrogen (secondary N) is 2. The Morgan fingerprint density at radius 3 is 2.59 bits per heavy atom. The number of ether oxygens (including phenoxy) is 2. The van der Waals surface area contributed by atoms with Crippen molar-refractivity contribution in [3.63, 3.8) is 0 Å². The fourth-order valence-electron chi connectivity index (χ4n) is 4.91. The molecule has 0 saturated carbocycles. The van der Waals surface area contributed by atoms with E-state index in [0.29, 0.717) is 37.3 Å². The minimum atomic E-state index is -1.46. The van der Waals surface area contributed by atoms with Crippen LogP contribution in [0.3, 0.4) is 0 Å². The SMILES string of the molecule is C=C(CN(N)CCNc1cc2c(cc1F)NC1C(=C2)Cn2c1cc(C(O)C=O)c(COC)c2=O)C(=O)OC(C)(C)C.C=NN.CC. The Morgan fingerprint density at radius 2 is 2.00 bits per heavy atom. The molecule has 0 radical (unpaired) electrons. The van der Waals surface area contributed by atoms with Gasteiger partial charge in [-0.25, -0.2) is 14.2 Å². The number of halogens is 1. The molecule has 2 unspecified atom stereocenters. The first-order valence-electron chi connectivity index (χ1n) is 14.7. The summed E-state index contributed by atoms with van der Waals surface area (Å²) in [6.07, 6.45) is 0.804. The van der Waals surface area contributed by atoms with Crippen molar-refractivity contribution >= 4 is 36.4 Å². The maximum atomic E-state index is 15.0. The Balaban J connectivity index is 0.00000139. The molecule has 3 heterocycles. The van der Waals surface area contributed by atoms with E-state index in [9.17, 15) is 19.5 Å². The van der Waals surface area contributed by atoms with Gasteiger partial charge in [0, 0.05) is 68.1 Å². The number of aldehydes is 1. The van der Waals surface area contributed by atoms with Gasteiger partial charge in [-0.1, -0.05) is 20.4 Å². The van der Waals surface area contributed by atoms with Crippen LogP contribution in [-0.2, 0) is 32.2 Å². The molecule has 7 N–H and O–H groups in total. The number of hydrazone groups is 1. The summed E-state index contributed by atoms with van der Waals surface area (Å²) in [5.74, 6) is 9.36. The van der Waals surface area contributed by atoms with Gasteiger partial charge < -0.3 is 40.4 Å². The van der Waals surface area contributed by atoms with Crippen molar-refractivity contribution in [2.45, 2.75) is 65.5 Å². The highest BCUT2D eigenvalue weighted by Gasteiger charge is 2.34. The maximum Gasteiger partial charge on any atom is 0.335 e. The number of rotatable bonds is 11. The molecule has 14 heteroatoms. The second-order valence-corrected chi connectivity index (χ2v) is 11.3. The van der Waals surface area contributed by atoms with E-state index in [1.54, 1.807) is 37.5 Å². The molecule has 2 aliphatic rings. The van der Waals surface area contributed by atoms with E-state index in [-0.39, 0.29) is 41.1 Å². The van der Waals surface area contributed by atoms with Crippen LogP contribution < -0.4 is 27.9 Å². The first-order chi connectivity index (χ1) is 21.7. The molecule has 4 rings (SSSR count). The highest BCUT2D eigenvalue weighted by molar-refractivity contribution is 5.88. The van der Waals surface area contributed by atoms with Crippen LogP contribution in [0.5, 0.6) is 0 Å². The Labute approximate surface area is 268 Å². The minimum absolute atomic E-state index is 0.0493. The summed E-state index contributed by atoms with van der Waals surface area (Å²) < 4.78 is 27.0. The molecule has 0 saturated heterocycles. The van der Waals surface area contributed by atoms with Crippen LogP contribution >= 0.6 is 0 Å². The number of hydrazine groups is 1. The van der Waals surface area contributed by atoms with Crippen molar-refractivity contribution in [1.82, 2.24) is 9.58 Å². The number of aliphatic hydroxyl groups is 1. The molecule has 0 amide bonds. The van der Waals surface area contributed by atoms with E-state index < -0.39 is 29.5 Å². The van der Waals surface area contributed by atoms with Crippen molar-refractivity contribution in [3.05, 3.63) is 74.5 Å². The van der Waals surface area contributed by atoms with Crippen molar-refractivity contribution < 1.29 is 28.6 Å². The van der Waals surface area contributed by atoms with E-state index >= 15 is 4.39 Å². The standard InChI is InChI=1S/C29H36FN5O6.C2H6.CH4N2/c1-16(28(39)41-29(2,3)4)12-34(31)7-6-32-23-9-17-8-18-13-35-24(26(18)33-22(17)11-21(23)30)10-19(25(37)14-36)20(15-40-5)27(35)38;1-2;1-3-2/h8-11,14,25-26,32-33,37H,1,6-7,12-13,15,31H2,2-5H3;1-2H3;1-2H2. The number of fused-ring (bicyclic) bond motifs is 4. The zero-order valence-electron chi connectivity index (χ0n) is 27.4. The van der Waals surface area contributed by atoms with Gasteiger partial charge in [0.2, 0.25) is 0 Å². The Morgan fingerprint density at radius 1 is 1.35 bits per heavy atom. The molecule has 1 aromatic heterocycles. The third-order valence-corrected chi connectivity index (χ3v) is 6.79. The van der Waals surface area contributed by atoms with Crippen LogP contribution in [-0.4, -0.2) is 66.0 Å². The number of nitrogens with zero attached hydrogens (tertiary/aromatic N) is 3. The van der Waals surface area contributed by atoms with Crippen LogP contribution in [0.25, 0.3) is 6.08 Å². The molecule has 2 aliphatic heterocycles. The molecule has 0 bridgehead atoms. The van der Waals surface area contributed by atoms with Gasteiger partial charge >= 0.3 is 5.97 Å². The number of benzene rings is 1. The molecule has 0 spiro atoms. The maximum absolute atomic E-state index is 15.0. The lowest BCUT2D eigenvalue weighted by Gasteiger charge is -2.25. The summed E-state index contributed by atoms with van der Waals surface area (Å²) >= 11 is 0. The van der Waals surface area contributed by atoms with Gasteiger partial charge in [0.25, 0.3) is 5.56 Å². The number of hydrogen-bond acceptors (Lipinski definition) is 12. The summed E-state index contributed by atoms with van der Waals surface area (Å²) in [6, 6.07) is 4.24. The van der Waals surface area contributed by atoms with Gasteiger partial charge in [-0.2, -0.15) is 5.10 Å². The van der Waals surface area contributed by atoms with Crippen LogP contribution in [0.2, 0.25) is 0 Å². The Hall–Kier alpha value is -4.37. The number of aromatic nitrogens is 1. The van der Waals surface area contributed by atoms with Crippen molar-refractivity contribution in [2.24, 2.45) is 16.8 Å². The smallest absolute Gasteiger partial charge is 0.335 e. The predicted octanol–water partition coefficient (Wildman–Crippen LogP) is 3.00. The summed E-state index contributed by atoms with van der Waals surface area (Å²) in [6.45, 7) is 16.9. The second kappa shape index (κ2) is 16.8. The quantitative estimate of drug-likeness (QED) is 0.0605. The number of esters is 1. The minimum Gasteiger partial charge on any atom is -0.457 e. The van der Waals surface area contributed by atoms with E-state index in [2.05, 4.69) is 34.9 Å². The van der Waals surface area contributed by atoms with Crippen molar-refractivity contribution in [1.29, 1.82) is 0 Å². The highest BCUT2D eigenvalue weighted by Crippen LogP contribution is 2.42. The monoisotopic (exact) mass is 643 g/mol.